The lowest BCUT2D eigenvalue weighted by atomic mass is 9.88. The highest BCUT2D eigenvalue weighted by Crippen LogP contribution is 2.61. The van der Waals surface area contributed by atoms with Crippen LogP contribution in [0.3, 0.4) is 0 Å². The van der Waals surface area contributed by atoms with Crippen molar-refractivity contribution in [2.45, 2.75) is 35.8 Å². The zero-order valence-electron chi connectivity index (χ0n) is 27.0. The van der Waals surface area contributed by atoms with E-state index in [1.807, 2.05) is 24.9 Å². The summed E-state index contributed by atoms with van der Waals surface area (Å²) in [6.07, 6.45) is 1.34. The predicted octanol–water partition coefficient (Wildman–Crippen LogP) is 3.65. The van der Waals surface area contributed by atoms with Crippen LogP contribution in [0.25, 0.3) is 0 Å². The number of hydrogen-bond acceptors (Lipinski definition) is 14. The SMILES string of the molecule is C[C@H](c1cccnc1N)N(C)c1nc(OC[C@]2(CN3CCN(C)CC3)CC2(F)F)nc(N2CC3(C2)SCc2sc(N)c(C#N)c23)c1C#N. The largest absolute Gasteiger partial charge is 0.462 e. The number of nitrogens with two attached hydrogens (primary N) is 2. The van der Waals surface area contributed by atoms with E-state index in [9.17, 15) is 10.5 Å². The van der Waals surface area contributed by atoms with Gasteiger partial charge in [0.05, 0.1) is 21.8 Å². The fourth-order valence-electron chi connectivity index (χ4n) is 7.07. The predicted molar refractivity (Wildman–Crippen MR) is 182 cm³/mol. The number of pyridine rings is 1. The number of piperazine rings is 1. The highest BCUT2D eigenvalue weighted by Gasteiger charge is 2.72. The first kappa shape index (κ1) is 32.6. The Balaban J connectivity index is 1.21. The Morgan fingerprint density at radius 1 is 1.12 bits per heavy atom. The number of hydrogen-bond donors (Lipinski definition) is 2. The number of likely N-dealkylation sites (N-methyl/N-ethyl adjacent to an activating group) is 1. The number of aromatic nitrogens is 3. The normalized spacial score (nSPS) is 23.2. The fraction of sp³-hybridized carbons (Fsp3) is 0.531. The van der Waals surface area contributed by atoms with Gasteiger partial charge in [0.25, 0.3) is 5.92 Å². The summed E-state index contributed by atoms with van der Waals surface area (Å²) in [5.74, 6) is -1.11. The molecule has 16 heteroatoms. The minimum Gasteiger partial charge on any atom is -0.462 e. The minimum atomic E-state index is -2.86. The van der Waals surface area contributed by atoms with Crippen LogP contribution in [-0.2, 0) is 10.5 Å². The van der Waals surface area contributed by atoms with Gasteiger partial charge in [-0.05, 0) is 20.0 Å². The Morgan fingerprint density at radius 2 is 1.83 bits per heavy atom. The molecule has 4 N–H and O–H groups in total. The average molecular weight is 694 g/mol. The number of halogens is 2. The number of thiophene rings is 1. The standard InChI is InChI=1S/C32H37F2N11OS2/c1-19(20-5-4-6-39-25(20)37)43(3)27-22(12-36)28(45-16-31(17-45)24-21(11-35)26(38)48-23(24)13-47-31)41-29(40-27)46-18-30(14-32(30,33)34)15-44-9-7-42(2)8-10-44/h4-6,19H,7-10,13-18,38H2,1-3H3,(H2,37,39)/t19-,30-/m1/s1. The maximum Gasteiger partial charge on any atom is 0.320 e. The molecule has 2 atom stereocenters. The molecule has 0 unspecified atom stereocenters. The molecule has 0 amide bonds. The van der Waals surface area contributed by atoms with Crippen molar-refractivity contribution in [1.82, 2.24) is 24.8 Å². The summed E-state index contributed by atoms with van der Waals surface area (Å²) in [7, 11) is 3.82. The molecular formula is C32H37F2N11OS2. The highest BCUT2D eigenvalue weighted by molar-refractivity contribution is 8.00. The number of alkyl halides is 2. The van der Waals surface area contributed by atoms with E-state index in [-0.39, 0.29) is 41.9 Å². The Hall–Kier alpha value is -3.96. The zero-order valence-corrected chi connectivity index (χ0v) is 28.7. The summed E-state index contributed by atoms with van der Waals surface area (Å²) in [5, 5.41) is 20.9. The minimum absolute atomic E-state index is 0.0733. The monoisotopic (exact) mass is 693 g/mol. The van der Waals surface area contributed by atoms with Gasteiger partial charge in [0.1, 0.15) is 35.1 Å². The summed E-state index contributed by atoms with van der Waals surface area (Å²) < 4.78 is 35.7. The van der Waals surface area contributed by atoms with Crippen LogP contribution in [0.5, 0.6) is 6.01 Å². The first-order valence-corrected chi connectivity index (χ1v) is 17.6. The molecule has 3 aromatic heterocycles. The van der Waals surface area contributed by atoms with Crippen LogP contribution in [0.1, 0.15) is 46.5 Å². The molecule has 0 bridgehead atoms. The molecule has 1 aliphatic carbocycles. The smallest absolute Gasteiger partial charge is 0.320 e. The number of anilines is 4. The number of rotatable bonds is 9. The first-order chi connectivity index (χ1) is 22.9. The number of thioether (sulfide) groups is 1. The molecule has 7 rings (SSSR count). The second-order valence-electron chi connectivity index (χ2n) is 13.3. The van der Waals surface area contributed by atoms with Gasteiger partial charge in [0.15, 0.2) is 11.6 Å². The van der Waals surface area contributed by atoms with Gasteiger partial charge < -0.3 is 30.9 Å². The van der Waals surface area contributed by atoms with E-state index >= 15 is 8.78 Å². The first-order valence-electron chi connectivity index (χ1n) is 15.8. The van der Waals surface area contributed by atoms with Crippen LogP contribution in [0, 0.1) is 28.1 Å². The van der Waals surface area contributed by atoms with E-state index in [0.717, 1.165) is 47.9 Å². The number of fused-ring (bicyclic) bond motifs is 2. The van der Waals surface area contributed by atoms with Crippen molar-refractivity contribution < 1.29 is 13.5 Å². The summed E-state index contributed by atoms with van der Waals surface area (Å²) >= 11 is 3.21. The third-order valence-electron chi connectivity index (χ3n) is 10.3. The van der Waals surface area contributed by atoms with Crippen LogP contribution in [0.15, 0.2) is 18.3 Å². The van der Waals surface area contributed by atoms with E-state index < -0.39 is 11.3 Å². The summed E-state index contributed by atoms with van der Waals surface area (Å²) in [4.78, 5) is 22.7. The number of nitrogen functional groups attached to an aromatic ring is 2. The molecule has 252 valence electrons. The van der Waals surface area contributed by atoms with Crippen molar-refractivity contribution in [3.63, 3.8) is 0 Å². The molecule has 48 heavy (non-hydrogen) atoms. The third-order valence-corrected chi connectivity index (χ3v) is 12.9. The van der Waals surface area contributed by atoms with Gasteiger partial charge in [-0.2, -0.15) is 20.5 Å². The van der Waals surface area contributed by atoms with Gasteiger partial charge >= 0.3 is 6.01 Å². The Morgan fingerprint density at radius 3 is 2.48 bits per heavy atom. The van der Waals surface area contributed by atoms with Crippen LogP contribution in [0.4, 0.5) is 31.2 Å². The van der Waals surface area contributed by atoms with Crippen LogP contribution < -0.4 is 26.0 Å². The Labute approximate surface area is 286 Å². The number of nitriles is 2. The van der Waals surface area contributed by atoms with Gasteiger partial charge in [0.2, 0.25) is 0 Å². The molecule has 4 aliphatic rings. The van der Waals surface area contributed by atoms with E-state index in [1.54, 1.807) is 36.0 Å². The second-order valence-corrected chi connectivity index (χ2v) is 15.8. The van der Waals surface area contributed by atoms with E-state index in [4.69, 9.17) is 21.2 Å². The molecule has 0 radical (unpaired) electrons. The van der Waals surface area contributed by atoms with Crippen molar-refractivity contribution in [2.75, 3.05) is 87.8 Å². The Kier molecular flexibility index (Phi) is 8.06. The van der Waals surface area contributed by atoms with Crippen molar-refractivity contribution in [3.05, 3.63) is 45.5 Å². The van der Waals surface area contributed by atoms with Gasteiger partial charge in [-0.3, -0.25) is 4.90 Å². The summed E-state index contributed by atoms with van der Waals surface area (Å²) in [5.41, 5.74) is 13.5. The molecule has 3 aliphatic heterocycles. The summed E-state index contributed by atoms with van der Waals surface area (Å²) in [6.45, 7) is 5.95. The van der Waals surface area contributed by atoms with Gasteiger partial charge in [-0.25, -0.2) is 13.8 Å². The van der Waals surface area contributed by atoms with Crippen LogP contribution >= 0.6 is 23.1 Å². The lowest BCUT2D eigenvalue weighted by molar-refractivity contribution is 0.0143. The van der Waals surface area contributed by atoms with E-state index in [1.165, 1.54) is 11.3 Å². The van der Waals surface area contributed by atoms with Gasteiger partial charge in [0, 0.05) is 87.2 Å². The van der Waals surface area contributed by atoms with E-state index in [2.05, 4.69) is 31.9 Å². The lowest BCUT2D eigenvalue weighted by Crippen LogP contribution is -2.57. The molecule has 12 nitrogen and oxygen atoms in total. The second kappa shape index (κ2) is 11.9. The molecule has 1 spiro atoms. The maximum absolute atomic E-state index is 15.0. The molecule has 1 saturated carbocycles. The zero-order chi connectivity index (χ0) is 34.0. The lowest BCUT2D eigenvalue weighted by Gasteiger charge is -2.48. The van der Waals surface area contributed by atoms with Crippen molar-refractivity contribution >= 4 is 45.6 Å². The fourth-order valence-corrected chi connectivity index (χ4v) is 9.88. The molecule has 0 aromatic carbocycles. The van der Waals surface area contributed by atoms with Gasteiger partial charge in [-0.15, -0.1) is 23.1 Å². The molecule has 6 heterocycles. The average Bonchev–Trinajstić information content (AvgIpc) is 3.27. The third kappa shape index (κ3) is 5.35. The number of nitrogens with zero attached hydrogens (tertiary/aromatic N) is 9. The topological polar surface area (TPSA) is 160 Å². The molecular weight excluding hydrogens is 657 g/mol. The number of ether oxygens (including phenoxy) is 1. The van der Waals surface area contributed by atoms with Crippen LogP contribution in [0.2, 0.25) is 0 Å². The highest BCUT2D eigenvalue weighted by atomic mass is 32.2. The summed E-state index contributed by atoms with van der Waals surface area (Å²) in [6, 6.07) is 7.82. The van der Waals surface area contributed by atoms with Crippen molar-refractivity contribution in [2.24, 2.45) is 5.41 Å². The van der Waals surface area contributed by atoms with Crippen molar-refractivity contribution in [3.8, 4) is 18.1 Å². The Bertz CT molecular complexity index is 1830. The van der Waals surface area contributed by atoms with Crippen molar-refractivity contribution in [1.29, 1.82) is 10.5 Å². The molecule has 3 fully saturated rings. The van der Waals surface area contributed by atoms with E-state index in [0.29, 0.717) is 41.1 Å². The van der Waals surface area contributed by atoms with Crippen LogP contribution in [-0.4, -0.2) is 97.2 Å². The quantitative estimate of drug-likeness (QED) is 0.335. The molecule has 3 aromatic rings. The van der Waals surface area contributed by atoms with Gasteiger partial charge in [-0.1, -0.05) is 6.07 Å². The maximum atomic E-state index is 15.0. The molecule has 2 saturated heterocycles.